The molecule has 1 aromatic heterocycles. The topological polar surface area (TPSA) is 90.0 Å². The predicted octanol–water partition coefficient (Wildman–Crippen LogP) is 0.883. The number of rotatable bonds is 7. The molecule has 21 heavy (non-hydrogen) atoms. The summed E-state index contributed by atoms with van der Waals surface area (Å²) in [5.74, 6) is 0. The van der Waals surface area contributed by atoms with Crippen molar-refractivity contribution in [1.29, 1.82) is 0 Å². The molecule has 0 aliphatic carbocycles. The van der Waals surface area contributed by atoms with Crippen molar-refractivity contribution in [3.05, 3.63) is 47.8 Å². The standard InChI is InChI=1S/C14H20N4O2S/c1-2-18-13(8-10-17-18)11-16-9-7-12-3-5-14(6-4-12)21(15,19)20/h3-6,8,10,16H,2,7,9,11H2,1H3,(H2,15,19,20). The van der Waals surface area contributed by atoms with Crippen molar-refractivity contribution in [2.24, 2.45) is 5.14 Å². The summed E-state index contributed by atoms with van der Waals surface area (Å²) >= 11 is 0. The third-order valence-electron chi connectivity index (χ3n) is 3.25. The molecule has 2 aromatic rings. The minimum atomic E-state index is -3.61. The summed E-state index contributed by atoms with van der Waals surface area (Å²) in [5, 5.41) is 12.6. The van der Waals surface area contributed by atoms with Gasteiger partial charge < -0.3 is 5.32 Å². The largest absolute Gasteiger partial charge is 0.311 e. The van der Waals surface area contributed by atoms with Gasteiger partial charge in [0.1, 0.15) is 0 Å². The Morgan fingerprint density at radius 2 is 1.95 bits per heavy atom. The van der Waals surface area contributed by atoms with Crippen molar-refractivity contribution >= 4 is 10.0 Å². The zero-order valence-electron chi connectivity index (χ0n) is 12.0. The molecule has 3 N–H and O–H groups in total. The Balaban J connectivity index is 1.81. The number of hydrogen-bond donors (Lipinski definition) is 2. The summed E-state index contributed by atoms with van der Waals surface area (Å²) in [6.45, 7) is 4.50. The number of nitrogens with zero attached hydrogens (tertiary/aromatic N) is 2. The molecule has 0 fully saturated rings. The van der Waals surface area contributed by atoms with Gasteiger partial charge in [-0.2, -0.15) is 5.10 Å². The highest BCUT2D eigenvalue weighted by Gasteiger charge is 2.06. The first-order chi connectivity index (χ1) is 10.0. The first kappa shape index (κ1) is 15.7. The van der Waals surface area contributed by atoms with Crippen molar-refractivity contribution in [3.8, 4) is 0 Å². The van der Waals surface area contributed by atoms with Gasteiger partial charge in [-0.05, 0) is 43.7 Å². The van der Waals surface area contributed by atoms with Crippen LogP contribution in [0.1, 0.15) is 18.2 Å². The molecule has 1 aromatic carbocycles. The molecule has 0 aliphatic heterocycles. The lowest BCUT2D eigenvalue weighted by Crippen LogP contribution is -2.19. The van der Waals surface area contributed by atoms with Crippen molar-refractivity contribution in [3.63, 3.8) is 0 Å². The Kier molecular flexibility index (Phi) is 5.11. The molecule has 0 spiro atoms. The van der Waals surface area contributed by atoms with Crippen molar-refractivity contribution < 1.29 is 8.42 Å². The number of nitrogens with two attached hydrogens (primary N) is 1. The molecule has 7 heteroatoms. The van der Waals surface area contributed by atoms with Crippen LogP contribution in [-0.4, -0.2) is 24.7 Å². The molecule has 0 unspecified atom stereocenters. The van der Waals surface area contributed by atoms with Gasteiger partial charge in [-0.1, -0.05) is 12.1 Å². The summed E-state index contributed by atoms with van der Waals surface area (Å²) in [5.41, 5.74) is 2.22. The van der Waals surface area contributed by atoms with E-state index in [-0.39, 0.29) is 4.90 Å². The molecule has 0 aliphatic rings. The van der Waals surface area contributed by atoms with Gasteiger partial charge in [0.05, 0.1) is 10.6 Å². The summed E-state index contributed by atoms with van der Waals surface area (Å²) in [4.78, 5) is 0.144. The van der Waals surface area contributed by atoms with E-state index >= 15 is 0 Å². The van der Waals surface area contributed by atoms with Gasteiger partial charge in [0.25, 0.3) is 0 Å². The van der Waals surface area contributed by atoms with Crippen LogP contribution >= 0.6 is 0 Å². The van der Waals surface area contributed by atoms with E-state index in [1.807, 2.05) is 10.7 Å². The van der Waals surface area contributed by atoms with Crippen LogP contribution in [0.3, 0.4) is 0 Å². The van der Waals surface area contributed by atoms with Gasteiger partial charge in [0.15, 0.2) is 0 Å². The average Bonchev–Trinajstić information content (AvgIpc) is 2.90. The average molecular weight is 308 g/mol. The highest BCUT2D eigenvalue weighted by molar-refractivity contribution is 7.89. The summed E-state index contributed by atoms with van der Waals surface area (Å²) < 4.78 is 24.3. The van der Waals surface area contributed by atoms with E-state index in [4.69, 9.17) is 5.14 Å². The van der Waals surface area contributed by atoms with Crippen LogP contribution in [0.15, 0.2) is 41.4 Å². The van der Waals surface area contributed by atoms with E-state index < -0.39 is 10.0 Å². The second kappa shape index (κ2) is 6.84. The second-order valence-electron chi connectivity index (χ2n) is 4.75. The van der Waals surface area contributed by atoms with Gasteiger partial charge in [-0.25, -0.2) is 13.6 Å². The van der Waals surface area contributed by atoms with Crippen LogP contribution in [-0.2, 0) is 29.5 Å². The Hall–Kier alpha value is -1.70. The van der Waals surface area contributed by atoms with Gasteiger partial charge in [-0.3, -0.25) is 4.68 Å². The lowest BCUT2D eigenvalue weighted by Gasteiger charge is -2.07. The molecule has 0 saturated carbocycles. The van der Waals surface area contributed by atoms with E-state index in [9.17, 15) is 8.42 Å². The maximum atomic E-state index is 11.2. The van der Waals surface area contributed by atoms with Crippen molar-refractivity contribution in [1.82, 2.24) is 15.1 Å². The molecular weight excluding hydrogens is 288 g/mol. The van der Waals surface area contributed by atoms with Crippen molar-refractivity contribution in [2.75, 3.05) is 6.54 Å². The fraction of sp³-hybridized carbons (Fsp3) is 0.357. The number of sulfonamides is 1. The fourth-order valence-corrected chi connectivity index (χ4v) is 2.61. The number of aryl methyl sites for hydroxylation is 1. The Bertz CT molecular complexity index is 677. The number of primary sulfonamides is 1. The maximum absolute atomic E-state index is 11.2. The quantitative estimate of drug-likeness (QED) is 0.743. The molecule has 0 radical (unpaired) electrons. The lowest BCUT2D eigenvalue weighted by atomic mass is 10.1. The third kappa shape index (κ3) is 4.38. The molecule has 6 nitrogen and oxygen atoms in total. The summed E-state index contributed by atoms with van der Waals surface area (Å²) in [6, 6.07) is 8.65. The van der Waals surface area contributed by atoms with Crippen LogP contribution in [0, 0.1) is 0 Å². The first-order valence-corrected chi connectivity index (χ1v) is 8.38. The van der Waals surface area contributed by atoms with E-state index in [1.54, 1.807) is 18.3 Å². The molecule has 0 amide bonds. The van der Waals surface area contributed by atoms with Gasteiger partial charge in [0.2, 0.25) is 10.0 Å². The van der Waals surface area contributed by atoms with Crippen LogP contribution < -0.4 is 10.5 Å². The minimum absolute atomic E-state index is 0.144. The van der Waals surface area contributed by atoms with Crippen LogP contribution in [0.4, 0.5) is 0 Å². The molecule has 2 rings (SSSR count). The number of aromatic nitrogens is 2. The number of nitrogens with one attached hydrogen (secondary N) is 1. The van der Waals surface area contributed by atoms with Crippen molar-refractivity contribution in [2.45, 2.75) is 31.3 Å². The molecule has 1 heterocycles. The van der Waals surface area contributed by atoms with Crippen LogP contribution in [0.5, 0.6) is 0 Å². The van der Waals surface area contributed by atoms with E-state index in [0.29, 0.717) is 0 Å². The molecular formula is C14H20N4O2S. The molecule has 0 saturated heterocycles. The Morgan fingerprint density at radius 1 is 1.24 bits per heavy atom. The fourth-order valence-electron chi connectivity index (χ4n) is 2.09. The maximum Gasteiger partial charge on any atom is 0.238 e. The normalized spacial score (nSPS) is 11.7. The highest BCUT2D eigenvalue weighted by atomic mass is 32.2. The van der Waals surface area contributed by atoms with Crippen LogP contribution in [0.25, 0.3) is 0 Å². The predicted molar refractivity (Wildman–Crippen MR) is 81.1 cm³/mol. The Morgan fingerprint density at radius 3 is 2.57 bits per heavy atom. The minimum Gasteiger partial charge on any atom is -0.311 e. The van der Waals surface area contributed by atoms with Crippen LogP contribution in [0.2, 0.25) is 0 Å². The summed E-state index contributed by atoms with van der Waals surface area (Å²) in [6.07, 6.45) is 2.62. The first-order valence-electron chi connectivity index (χ1n) is 6.84. The molecule has 114 valence electrons. The number of hydrogen-bond acceptors (Lipinski definition) is 4. The lowest BCUT2D eigenvalue weighted by molar-refractivity contribution is 0.582. The third-order valence-corrected chi connectivity index (χ3v) is 4.18. The zero-order chi connectivity index (χ0) is 15.3. The van der Waals surface area contributed by atoms with Gasteiger partial charge in [-0.15, -0.1) is 0 Å². The van der Waals surface area contributed by atoms with E-state index in [1.165, 1.54) is 12.1 Å². The Labute approximate surface area is 125 Å². The zero-order valence-corrected chi connectivity index (χ0v) is 12.8. The van der Waals surface area contributed by atoms with Gasteiger partial charge >= 0.3 is 0 Å². The second-order valence-corrected chi connectivity index (χ2v) is 6.32. The SMILES string of the molecule is CCn1nccc1CNCCc1ccc(S(N)(=O)=O)cc1. The van der Waals surface area contributed by atoms with E-state index in [0.717, 1.165) is 37.3 Å². The summed E-state index contributed by atoms with van der Waals surface area (Å²) in [7, 11) is -3.61. The molecule has 0 bridgehead atoms. The monoisotopic (exact) mass is 308 g/mol. The smallest absolute Gasteiger partial charge is 0.238 e. The highest BCUT2D eigenvalue weighted by Crippen LogP contribution is 2.09. The number of benzene rings is 1. The molecule has 0 atom stereocenters. The van der Waals surface area contributed by atoms with E-state index in [2.05, 4.69) is 17.3 Å². The van der Waals surface area contributed by atoms with Gasteiger partial charge in [0, 0.05) is 19.3 Å².